The highest BCUT2D eigenvalue weighted by Gasteiger charge is 2.09. The van der Waals surface area contributed by atoms with Crippen molar-refractivity contribution in [3.8, 4) is 0 Å². The minimum absolute atomic E-state index is 0.00705. The molecule has 2 N–H and O–H groups in total. The van der Waals surface area contributed by atoms with E-state index in [4.69, 9.17) is 35.4 Å². The number of nitrogens with one attached hydrogen (secondary N) is 2. The first kappa shape index (κ1) is 18.6. The van der Waals surface area contributed by atoms with Gasteiger partial charge in [0, 0.05) is 22.5 Å². The Morgan fingerprint density at radius 3 is 2.54 bits per heavy atom. The lowest BCUT2D eigenvalue weighted by Gasteiger charge is -2.09. The summed E-state index contributed by atoms with van der Waals surface area (Å²) in [6, 6.07) is 8.69. The molecule has 4 nitrogen and oxygen atoms in total. The third kappa shape index (κ3) is 4.49. The third-order valence-electron chi connectivity index (χ3n) is 3.45. The largest absolute Gasteiger partial charge is 0.332 e. The molecular weight excluding hydrogens is 401 g/mol. The first-order valence-electron chi connectivity index (χ1n) is 7.41. The van der Waals surface area contributed by atoms with Gasteiger partial charge in [-0.2, -0.15) is 5.10 Å². The van der Waals surface area contributed by atoms with E-state index >= 15 is 0 Å². The van der Waals surface area contributed by atoms with Crippen molar-refractivity contribution < 1.29 is 8.78 Å². The van der Waals surface area contributed by atoms with Crippen LogP contribution in [0.3, 0.4) is 0 Å². The number of anilines is 2. The molecule has 3 aromatic rings. The number of aromatic nitrogens is 2. The van der Waals surface area contributed by atoms with Gasteiger partial charge >= 0.3 is 0 Å². The van der Waals surface area contributed by atoms with E-state index < -0.39 is 11.6 Å². The van der Waals surface area contributed by atoms with Crippen LogP contribution in [0.5, 0.6) is 0 Å². The van der Waals surface area contributed by atoms with Crippen LogP contribution >= 0.6 is 35.4 Å². The summed E-state index contributed by atoms with van der Waals surface area (Å²) in [5, 5.41) is 10.6. The quantitative estimate of drug-likeness (QED) is 0.568. The van der Waals surface area contributed by atoms with Crippen LogP contribution in [0.4, 0.5) is 20.2 Å². The van der Waals surface area contributed by atoms with Gasteiger partial charge in [-0.15, -0.1) is 0 Å². The molecule has 0 bridgehead atoms. The average Bonchev–Trinajstić information content (AvgIpc) is 3.01. The van der Waals surface area contributed by atoms with Gasteiger partial charge in [0.15, 0.2) is 5.11 Å². The molecule has 0 radical (unpaired) electrons. The summed E-state index contributed by atoms with van der Waals surface area (Å²) in [6.45, 7) is 0.181. The molecule has 0 saturated carbocycles. The Bertz CT molecular complexity index is 941. The van der Waals surface area contributed by atoms with Crippen molar-refractivity contribution >= 4 is 51.9 Å². The van der Waals surface area contributed by atoms with Crippen LogP contribution in [0.25, 0.3) is 0 Å². The maximum Gasteiger partial charge on any atom is 0.175 e. The van der Waals surface area contributed by atoms with Crippen molar-refractivity contribution in [1.29, 1.82) is 0 Å². The maximum atomic E-state index is 13.8. The lowest BCUT2D eigenvalue weighted by Crippen LogP contribution is -2.18. The molecule has 3 rings (SSSR count). The molecular formula is C17H12Cl2F2N4S. The van der Waals surface area contributed by atoms with E-state index in [2.05, 4.69) is 15.7 Å². The van der Waals surface area contributed by atoms with Gasteiger partial charge in [0.1, 0.15) is 11.6 Å². The molecule has 0 aliphatic rings. The lowest BCUT2D eigenvalue weighted by atomic mass is 10.2. The van der Waals surface area contributed by atoms with Gasteiger partial charge in [-0.25, -0.2) is 8.78 Å². The molecule has 1 aromatic heterocycles. The highest BCUT2D eigenvalue weighted by atomic mass is 35.5. The van der Waals surface area contributed by atoms with Gasteiger partial charge in [0.05, 0.1) is 23.5 Å². The number of benzene rings is 2. The molecule has 2 aromatic carbocycles. The summed E-state index contributed by atoms with van der Waals surface area (Å²) in [5.74, 6) is -0.905. The summed E-state index contributed by atoms with van der Waals surface area (Å²) in [4.78, 5) is 0. The molecule has 0 fully saturated rings. The summed E-state index contributed by atoms with van der Waals surface area (Å²) in [6.07, 6.45) is 3.20. The molecule has 9 heteroatoms. The van der Waals surface area contributed by atoms with Crippen LogP contribution in [0, 0.1) is 11.6 Å². The van der Waals surface area contributed by atoms with Gasteiger partial charge in [-0.1, -0.05) is 29.3 Å². The number of hydrogen-bond acceptors (Lipinski definition) is 2. The number of halogens is 4. The molecule has 1 heterocycles. The second kappa shape index (κ2) is 7.99. The van der Waals surface area contributed by atoms with Crippen LogP contribution < -0.4 is 10.6 Å². The van der Waals surface area contributed by atoms with E-state index in [1.54, 1.807) is 24.5 Å². The summed E-state index contributed by atoms with van der Waals surface area (Å²) < 4.78 is 28.5. The fraction of sp³-hybridized carbons (Fsp3) is 0.0588. The Labute approximate surface area is 163 Å². The van der Waals surface area contributed by atoms with Crippen molar-refractivity contribution in [2.45, 2.75) is 6.54 Å². The number of thiocarbonyl (C=S) groups is 1. The van der Waals surface area contributed by atoms with Crippen molar-refractivity contribution in [3.63, 3.8) is 0 Å². The summed E-state index contributed by atoms with van der Waals surface area (Å²) in [7, 11) is 0. The maximum absolute atomic E-state index is 13.8. The van der Waals surface area contributed by atoms with E-state index in [1.165, 1.54) is 28.9 Å². The minimum Gasteiger partial charge on any atom is -0.332 e. The molecule has 0 unspecified atom stereocenters. The lowest BCUT2D eigenvalue weighted by molar-refractivity contribution is 0.585. The van der Waals surface area contributed by atoms with Crippen LogP contribution in [0.1, 0.15) is 5.56 Å². The molecule has 0 atom stereocenters. The Kier molecular flexibility index (Phi) is 5.70. The molecule has 0 spiro atoms. The van der Waals surface area contributed by atoms with Crippen molar-refractivity contribution in [3.05, 3.63) is 76.0 Å². The third-order valence-corrected chi connectivity index (χ3v) is 4.30. The zero-order valence-electron chi connectivity index (χ0n) is 13.1. The Morgan fingerprint density at radius 1 is 1.04 bits per heavy atom. The number of rotatable bonds is 4. The minimum atomic E-state index is -0.510. The van der Waals surface area contributed by atoms with Crippen molar-refractivity contribution in [2.75, 3.05) is 10.6 Å². The Balaban J connectivity index is 1.64. The molecule has 0 aliphatic heterocycles. The molecule has 0 saturated heterocycles. The normalized spacial score (nSPS) is 10.6. The average molecular weight is 413 g/mol. The van der Waals surface area contributed by atoms with Gasteiger partial charge in [-0.05, 0) is 42.5 Å². The Hall–Kier alpha value is -2.22. The Morgan fingerprint density at radius 2 is 1.81 bits per heavy atom. The van der Waals surface area contributed by atoms with Crippen LogP contribution in [0.2, 0.25) is 10.0 Å². The van der Waals surface area contributed by atoms with Crippen molar-refractivity contribution in [2.24, 2.45) is 0 Å². The van der Waals surface area contributed by atoms with Gasteiger partial charge < -0.3 is 10.6 Å². The zero-order chi connectivity index (χ0) is 18.7. The summed E-state index contributed by atoms with van der Waals surface area (Å²) in [5.41, 5.74) is 1.49. The SMILES string of the molecule is Fc1ccc(NC(=S)Nc2cnn(Cc3c(F)cccc3Cl)c2)cc1Cl. The molecule has 134 valence electrons. The van der Waals surface area contributed by atoms with Gasteiger partial charge in [0.2, 0.25) is 0 Å². The molecule has 0 aliphatic carbocycles. The van der Waals surface area contributed by atoms with Crippen LogP contribution in [-0.4, -0.2) is 14.9 Å². The van der Waals surface area contributed by atoms with Crippen LogP contribution in [-0.2, 0) is 6.54 Å². The van der Waals surface area contributed by atoms with E-state index in [-0.39, 0.29) is 16.7 Å². The molecule has 0 amide bonds. The second-order valence-electron chi connectivity index (χ2n) is 5.33. The van der Waals surface area contributed by atoms with E-state index in [0.29, 0.717) is 22.0 Å². The monoisotopic (exact) mass is 412 g/mol. The predicted octanol–water partition coefficient (Wildman–Crippen LogP) is 5.33. The number of nitrogens with zero attached hydrogens (tertiary/aromatic N) is 2. The second-order valence-corrected chi connectivity index (χ2v) is 6.56. The van der Waals surface area contributed by atoms with Crippen molar-refractivity contribution in [1.82, 2.24) is 9.78 Å². The predicted molar refractivity (Wildman–Crippen MR) is 104 cm³/mol. The highest BCUT2D eigenvalue weighted by molar-refractivity contribution is 7.80. The highest BCUT2D eigenvalue weighted by Crippen LogP contribution is 2.21. The first-order valence-corrected chi connectivity index (χ1v) is 8.57. The van der Waals surface area contributed by atoms with Gasteiger partial charge in [0.25, 0.3) is 0 Å². The van der Waals surface area contributed by atoms with E-state index in [1.807, 2.05) is 0 Å². The topological polar surface area (TPSA) is 41.9 Å². The van der Waals surface area contributed by atoms with Gasteiger partial charge in [-0.3, -0.25) is 4.68 Å². The van der Waals surface area contributed by atoms with E-state index in [9.17, 15) is 8.78 Å². The fourth-order valence-electron chi connectivity index (χ4n) is 2.23. The number of hydrogen-bond donors (Lipinski definition) is 2. The summed E-state index contributed by atoms with van der Waals surface area (Å²) >= 11 is 16.9. The van der Waals surface area contributed by atoms with Crippen LogP contribution in [0.15, 0.2) is 48.8 Å². The smallest absolute Gasteiger partial charge is 0.175 e. The standard InChI is InChI=1S/C17H12Cl2F2N4S/c18-13-2-1-3-15(20)12(13)9-25-8-11(7-22-25)24-17(26)23-10-4-5-16(21)14(19)6-10/h1-8H,9H2,(H2,23,24,26). The van der Waals surface area contributed by atoms with E-state index in [0.717, 1.165) is 0 Å². The fourth-order valence-corrected chi connectivity index (χ4v) is 2.87. The first-order chi connectivity index (χ1) is 12.4. The molecule has 26 heavy (non-hydrogen) atoms. The zero-order valence-corrected chi connectivity index (χ0v) is 15.5.